The molecule has 0 saturated carbocycles. The first kappa shape index (κ1) is 33.5. The molecule has 0 fully saturated rings. The molecule has 9 heteroatoms. The van der Waals surface area contributed by atoms with Gasteiger partial charge in [-0.3, -0.25) is 4.90 Å². The summed E-state index contributed by atoms with van der Waals surface area (Å²) in [5.41, 5.74) is 3.47. The van der Waals surface area contributed by atoms with Gasteiger partial charge in [-0.25, -0.2) is 17.6 Å². The van der Waals surface area contributed by atoms with Gasteiger partial charge in [-0.05, 0) is 77.6 Å². The summed E-state index contributed by atoms with van der Waals surface area (Å²) >= 11 is 0. The minimum absolute atomic E-state index is 0.0395. The lowest BCUT2D eigenvalue weighted by Crippen LogP contribution is -2.30. The molecule has 0 aliphatic heterocycles. The third-order valence-corrected chi connectivity index (χ3v) is 9.63. The van der Waals surface area contributed by atoms with Crippen LogP contribution in [0.1, 0.15) is 44.3 Å². The maximum absolute atomic E-state index is 13.8. The predicted octanol–water partition coefficient (Wildman–Crippen LogP) is 7.02. The Bertz CT molecular complexity index is 1920. The van der Waals surface area contributed by atoms with Crippen molar-refractivity contribution in [2.24, 2.45) is 0 Å². The van der Waals surface area contributed by atoms with Crippen LogP contribution in [0, 0.1) is 12.7 Å². The van der Waals surface area contributed by atoms with Crippen molar-refractivity contribution in [2.45, 2.75) is 42.4 Å². The molecule has 0 spiro atoms. The largest absolute Gasteiger partial charge is 0.488 e. The third-order valence-electron chi connectivity index (χ3n) is 7.88. The first-order chi connectivity index (χ1) is 22.6. The number of hydrogen-bond acceptors (Lipinski definition) is 6. The van der Waals surface area contributed by atoms with Crippen molar-refractivity contribution in [3.63, 3.8) is 0 Å². The van der Waals surface area contributed by atoms with Gasteiger partial charge in [0, 0.05) is 19.6 Å². The fraction of sp³-hybridized carbons (Fsp3) is 0.184. The number of sulfone groups is 1. The Morgan fingerprint density at radius 1 is 0.809 bits per heavy atom. The number of aryl methyl sites for hydroxylation is 1. The van der Waals surface area contributed by atoms with E-state index in [2.05, 4.69) is 4.90 Å². The van der Waals surface area contributed by atoms with E-state index in [1.165, 1.54) is 30.3 Å². The lowest BCUT2D eigenvalue weighted by molar-refractivity contribution is 0.0691. The second kappa shape index (κ2) is 15.2. The van der Waals surface area contributed by atoms with Gasteiger partial charge in [0.1, 0.15) is 23.7 Å². The smallest absolute Gasteiger partial charge is 0.339 e. The molecule has 0 saturated heterocycles. The summed E-state index contributed by atoms with van der Waals surface area (Å²) in [6, 6.07) is 34.1. The molecule has 5 aromatic rings. The Balaban J connectivity index is 1.30. The maximum Gasteiger partial charge on any atom is 0.339 e. The Morgan fingerprint density at radius 3 is 2.11 bits per heavy atom. The lowest BCUT2D eigenvalue weighted by atomic mass is 10.1. The van der Waals surface area contributed by atoms with E-state index in [4.69, 9.17) is 4.74 Å². The number of carboxylic acid groups (broad SMARTS) is 1. The van der Waals surface area contributed by atoms with Crippen LogP contribution in [0.25, 0.3) is 0 Å². The zero-order chi connectivity index (χ0) is 33.4. The molecule has 1 atom stereocenters. The van der Waals surface area contributed by atoms with E-state index >= 15 is 0 Å². The summed E-state index contributed by atoms with van der Waals surface area (Å²) in [6.45, 7) is 3.17. The molecule has 47 heavy (non-hydrogen) atoms. The van der Waals surface area contributed by atoms with E-state index in [0.29, 0.717) is 30.6 Å². The molecule has 0 radical (unpaired) electrons. The van der Waals surface area contributed by atoms with Crippen LogP contribution in [0.2, 0.25) is 0 Å². The molecular weight excluding hydrogens is 617 g/mol. The molecule has 0 bridgehead atoms. The van der Waals surface area contributed by atoms with E-state index < -0.39 is 27.7 Å². The summed E-state index contributed by atoms with van der Waals surface area (Å²) in [5, 5.41) is 20.8. The number of carboxylic acids is 1. The highest BCUT2D eigenvalue weighted by molar-refractivity contribution is 7.91. The number of rotatable bonds is 14. The van der Waals surface area contributed by atoms with Crippen LogP contribution in [0.5, 0.6) is 5.75 Å². The van der Waals surface area contributed by atoms with E-state index in [0.717, 1.165) is 22.8 Å². The molecule has 242 valence electrons. The average Bonchev–Trinajstić information content (AvgIpc) is 3.07. The van der Waals surface area contributed by atoms with Gasteiger partial charge in [0.15, 0.2) is 0 Å². The van der Waals surface area contributed by atoms with Crippen molar-refractivity contribution >= 4 is 15.8 Å². The minimum atomic E-state index is -4.03. The summed E-state index contributed by atoms with van der Waals surface area (Å²) < 4.78 is 46.9. The van der Waals surface area contributed by atoms with Crippen LogP contribution < -0.4 is 4.74 Å². The quantitative estimate of drug-likeness (QED) is 0.133. The molecule has 0 aliphatic carbocycles. The van der Waals surface area contributed by atoms with Gasteiger partial charge >= 0.3 is 5.97 Å². The Kier molecular flexibility index (Phi) is 10.8. The monoisotopic (exact) mass is 653 g/mol. The van der Waals surface area contributed by atoms with E-state index in [9.17, 15) is 27.8 Å². The van der Waals surface area contributed by atoms with Gasteiger partial charge in [0.05, 0.1) is 15.9 Å². The van der Waals surface area contributed by atoms with Gasteiger partial charge in [0.2, 0.25) is 9.84 Å². The fourth-order valence-electron chi connectivity index (χ4n) is 5.38. The van der Waals surface area contributed by atoms with Gasteiger partial charge in [-0.2, -0.15) is 0 Å². The van der Waals surface area contributed by atoms with Crippen LogP contribution in [-0.4, -0.2) is 42.6 Å². The normalized spacial score (nSPS) is 12.2. The van der Waals surface area contributed by atoms with E-state index in [-0.39, 0.29) is 34.3 Å². The zero-order valence-electron chi connectivity index (χ0n) is 25.9. The maximum atomic E-state index is 13.8. The predicted molar refractivity (Wildman–Crippen MR) is 178 cm³/mol. The number of hydrogen-bond donors (Lipinski definition) is 2. The summed E-state index contributed by atoms with van der Waals surface area (Å²) in [5.74, 6) is -1.57. The molecule has 5 rings (SSSR count). The minimum Gasteiger partial charge on any atom is -0.488 e. The molecule has 5 aromatic carbocycles. The molecule has 0 aliphatic rings. The van der Waals surface area contributed by atoms with E-state index in [1.54, 1.807) is 31.2 Å². The number of nitrogens with zero attached hydrogens (tertiary/aromatic N) is 1. The number of halogens is 1. The van der Waals surface area contributed by atoms with Crippen molar-refractivity contribution in [3.05, 3.63) is 161 Å². The lowest BCUT2D eigenvalue weighted by Gasteiger charge is -2.25. The van der Waals surface area contributed by atoms with Crippen LogP contribution >= 0.6 is 0 Å². The topological polar surface area (TPSA) is 104 Å². The van der Waals surface area contributed by atoms with Crippen molar-refractivity contribution in [3.8, 4) is 5.75 Å². The van der Waals surface area contributed by atoms with Crippen LogP contribution in [-0.2, 0) is 29.4 Å². The number of carbonyl (C=O) groups is 1. The highest BCUT2D eigenvalue weighted by Gasteiger charge is 2.24. The number of aromatic carboxylic acids is 1. The third kappa shape index (κ3) is 8.71. The number of ether oxygens (including phenoxy) is 1. The van der Waals surface area contributed by atoms with Crippen LogP contribution in [0.4, 0.5) is 4.39 Å². The molecule has 7 nitrogen and oxygen atoms in total. The second-order valence-electron chi connectivity index (χ2n) is 11.4. The number of benzene rings is 5. The molecule has 0 aromatic heterocycles. The molecule has 0 amide bonds. The molecular formula is C38H36FNO6S. The highest BCUT2D eigenvalue weighted by atomic mass is 32.2. The van der Waals surface area contributed by atoms with Crippen molar-refractivity contribution in [1.29, 1.82) is 0 Å². The number of aliphatic hydroxyl groups is 1. The summed E-state index contributed by atoms with van der Waals surface area (Å²) in [7, 11) is -4.03. The SMILES string of the molecule is Cc1cc(S(=O)(=O)c2ccc(CCN(Cc3ccccc3)C[C@H](O)c3cccc(F)c3)cc2)cc(C(=O)O)c1OCc1ccccc1. The van der Waals surface area contributed by atoms with Gasteiger partial charge in [-0.1, -0.05) is 84.9 Å². The van der Waals surface area contributed by atoms with Gasteiger partial charge in [0.25, 0.3) is 0 Å². The van der Waals surface area contributed by atoms with Gasteiger partial charge in [-0.15, -0.1) is 0 Å². The van der Waals surface area contributed by atoms with E-state index in [1.807, 2.05) is 60.7 Å². The van der Waals surface area contributed by atoms with Gasteiger partial charge < -0.3 is 14.9 Å². The molecule has 0 unspecified atom stereocenters. The van der Waals surface area contributed by atoms with Crippen LogP contribution in [0.3, 0.4) is 0 Å². The molecule has 0 heterocycles. The zero-order valence-corrected chi connectivity index (χ0v) is 26.7. The summed E-state index contributed by atoms with van der Waals surface area (Å²) in [4.78, 5) is 14.1. The first-order valence-corrected chi connectivity index (χ1v) is 16.7. The second-order valence-corrected chi connectivity index (χ2v) is 13.3. The number of aliphatic hydroxyl groups excluding tert-OH is 1. The van der Waals surface area contributed by atoms with Crippen molar-refractivity contribution in [1.82, 2.24) is 4.90 Å². The van der Waals surface area contributed by atoms with Crippen molar-refractivity contribution in [2.75, 3.05) is 13.1 Å². The Hall–Kier alpha value is -4.83. The average molecular weight is 654 g/mol. The standard InChI is InChI=1S/C38H36FNO6S/c1-27-21-34(23-35(38(42)43)37(27)46-26-30-11-6-3-7-12-30)47(44,45)33-17-15-28(16-18-33)19-20-40(24-29-9-4-2-5-10-29)25-36(41)31-13-8-14-32(39)22-31/h2-18,21-23,36,41H,19-20,24-26H2,1H3,(H,42,43)/t36-/m0/s1. The highest BCUT2D eigenvalue weighted by Crippen LogP contribution is 2.31. The fourth-order valence-corrected chi connectivity index (χ4v) is 6.75. The molecule has 2 N–H and O–H groups in total. The first-order valence-electron chi connectivity index (χ1n) is 15.2. The van der Waals surface area contributed by atoms with Crippen molar-refractivity contribution < 1.29 is 32.6 Å². The Morgan fingerprint density at radius 2 is 1.47 bits per heavy atom. The summed E-state index contributed by atoms with van der Waals surface area (Å²) in [6.07, 6.45) is -0.324. The van der Waals surface area contributed by atoms with Crippen LogP contribution in [0.15, 0.2) is 131 Å². The Labute approximate surface area is 274 Å².